The summed E-state index contributed by atoms with van der Waals surface area (Å²) < 4.78 is 2.06. The Hall–Kier alpha value is -1.91. The molecule has 0 aromatic carbocycles. The van der Waals surface area contributed by atoms with Crippen molar-refractivity contribution in [2.45, 2.75) is 40.2 Å². The van der Waals surface area contributed by atoms with Crippen molar-refractivity contribution in [2.75, 3.05) is 5.73 Å². The summed E-state index contributed by atoms with van der Waals surface area (Å²) in [7, 11) is 0. The summed E-state index contributed by atoms with van der Waals surface area (Å²) in [5.74, 6) is 1.22. The molecule has 2 heterocycles. The number of nitrogen functional groups attached to an aromatic ring is 1. The molecule has 2 N–H and O–H groups in total. The summed E-state index contributed by atoms with van der Waals surface area (Å²) in [4.78, 5) is 13.1. The Kier molecular flexibility index (Phi) is 3.60. The molecule has 0 spiro atoms. The second kappa shape index (κ2) is 5.16. The van der Waals surface area contributed by atoms with Crippen molar-refractivity contribution < 1.29 is 0 Å². The van der Waals surface area contributed by atoms with Gasteiger partial charge in [-0.05, 0) is 19.8 Å². The third-order valence-electron chi connectivity index (χ3n) is 3.03. The van der Waals surface area contributed by atoms with Gasteiger partial charge in [0.1, 0.15) is 11.5 Å². The smallest absolute Gasteiger partial charge is 0.180 e. The minimum Gasteiger partial charge on any atom is -0.383 e. The van der Waals surface area contributed by atoms with Gasteiger partial charge in [-0.2, -0.15) is 0 Å². The number of aromatic nitrogens is 4. The lowest BCUT2D eigenvalue weighted by atomic mass is 10.2. The molecular weight excluding hydrogens is 226 g/mol. The molecule has 0 saturated carbocycles. The van der Waals surface area contributed by atoms with Gasteiger partial charge in [-0.15, -0.1) is 0 Å². The molecule has 18 heavy (non-hydrogen) atoms. The number of anilines is 1. The minimum absolute atomic E-state index is 0.557. The van der Waals surface area contributed by atoms with Crippen LogP contribution in [0.15, 0.2) is 12.5 Å². The van der Waals surface area contributed by atoms with E-state index in [0.29, 0.717) is 11.6 Å². The van der Waals surface area contributed by atoms with E-state index in [4.69, 9.17) is 5.73 Å². The Morgan fingerprint density at radius 1 is 1.28 bits per heavy atom. The van der Waals surface area contributed by atoms with Gasteiger partial charge in [0.2, 0.25) is 0 Å². The van der Waals surface area contributed by atoms with E-state index in [-0.39, 0.29) is 0 Å². The van der Waals surface area contributed by atoms with Crippen LogP contribution in [0.2, 0.25) is 0 Å². The molecule has 0 radical (unpaired) electrons. The van der Waals surface area contributed by atoms with Crippen LogP contribution in [-0.4, -0.2) is 19.5 Å². The van der Waals surface area contributed by atoms with Gasteiger partial charge in [-0.1, -0.05) is 13.8 Å². The Balaban J connectivity index is 2.50. The number of nitrogens with two attached hydrogens (primary N) is 1. The zero-order valence-electron chi connectivity index (χ0n) is 11.1. The van der Waals surface area contributed by atoms with Crippen LogP contribution in [0.5, 0.6) is 0 Å². The van der Waals surface area contributed by atoms with Crippen LogP contribution in [0.3, 0.4) is 0 Å². The topological polar surface area (TPSA) is 69.6 Å². The third kappa shape index (κ3) is 2.20. The summed E-state index contributed by atoms with van der Waals surface area (Å²) in [5, 5.41) is 0. The van der Waals surface area contributed by atoms with Gasteiger partial charge in [0.25, 0.3) is 0 Å². The molecule has 0 bridgehead atoms. The molecule has 0 aliphatic heterocycles. The Morgan fingerprint density at radius 3 is 2.72 bits per heavy atom. The van der Waals surface area contributed by atoms with Crippen LogP contribution in [0.25, 0.3) is 11.5 Å². The molecular formula is C13H19N5. The largest absolute Gasteiger partial charge is 0.383 e. The highest BCUT2D eigenvalue weighted by Gasteiger charge is 2.12. The second-order valence-corrected chi connectivity index (χ2v) is 4.33. The van der Waals surface area contributed by atoms with Crippen LogP contribution in [0.4, 0.5) is 5.82 Å². The van der Waals surface area contributed by atoms with Gasteiger partial charge in [0, 0.05) is 17.8 Å². The lowest BCUT2D eigenvalue weighted by Crippen LogP contribution is -2.07. The van der Waals surface area contributed by atoms with Crippen molar-refractivity contribution in [1.82, 2.24) is 19.5 Å². The predicted octanol–water partition coefficient (Wildman–Crippen LogP) is 2.20. The van der Waals surface area contributed by atoms with E-state index in [1.165, 1.54) is 0 Å². The standard InChI is InChI=1S/C13H19N5/c1-4-6-18-8-15-7-11(18)13-16-10(5-2)9(3)12(14)17-13/h7-8H,4-6H2,1-3H3,(H2,14,16,17). The number of nitrogens with zero attached hydrogens (tertiary/aromatic N) is 4. The number of imidazole rings is 1. The molecule has 0 fully saturated rings. The van der Waals surface area contributed by atoms with Crippen LogP contribution < -0.4 is 5.73 Å². The summed E-state index contributed by atoms with van der Waals surface area (Å²) >= 11 is 0. The first-order valence-corrected chi connectivity index (χ1v) is 6.30. The highest BCUT2D eigenvalue weighted by molar-refractivity contribution is 5.54. The van der Waals surface area contributed by atoms with Crippen LogP contribution >= 0.6 is 0 Å². The van der Waals surface area contributed by atoms with E-state index in [1.54, 1.807) is 6.20 Å². The first-order chi connectivity index (χ1) is 8.67. The first-order valence-electron chi connectivity index (χ1n) is 6.30. The maximum absolute atomic E-state index is 5.95. The van der Waals surface area contributed by atoms with E-state index >= 15 is 0 Å². The molecule has 0 amide bonds. The SMILES string of the molecule is CCCn1cncc1-c1nc(N)c(C)c(CC)n1. The first kappa shape index (κ1) is 12.5. The van der Waals surface area contributed by atoms with Crippen molar-refractivity contribution >= 4 is 5.82 Å². The maximum atomic E-state index is 5.95. The zero-order valence-corrected chi connectivity index (χ0v) is 11.1. The molecule has 2 rings (SSSR count). The summed E-state index contributed by atoms with van der Waals surface area (Å²) in [5.41, 5.74) is 8.85. The van der Waals surface area contributed by atoms with Crippen LogP contribution in [-0.2, 0) is 13.0 Å². The highest BCUT2D eigenvalue weighted by atomic mass is 15.1. The van der Waals surface area contributed by atoms with Crippen LogP contribution in [0, 0.1) is 6.92 Å². The lowest BCUT2D eigenvalue weighted by Gasteiger charge is -2.10. The Bertz CT molecular complexity index is 544. The molecule has 2 aromatic rings. The molecule has 5 nitrogen and oxygen atoms in total. The number of aryl methyl sites for hydroxylation is 2. The minimum atomic E-state index is 0.557. The van der Waals surface area contributed by atoms with E-state index in [2.05, 4.69) is 33.4 Å². The highest BCUT2D eigenvalue weighted by Crippen LogP contribution is 2.20. The molecule has 5 heteroatoms. The van der Waals surface area contributed by atoms with Crippen molar-refractivity contribution in [3.05, 3.63) is 23.8 Å². The van der Waals surface area contributed by atoms with E-state index in [0.717, 1.165) is 36.3 Å². The monoisotopic (exact) mass is 245 g/mol. The molecule has 0 atom stereocenters. The molecule has 0 saturated heterocycles. The van der Waals surface area contributed by atoms with Crippen molar-refractivity contribution in [3.63, 3.8) is 0 Å². The summed E-state index contributed by atoms with van der Waals surface area (Å²) in [6.07, 6.45) is 5.50. The average Bonchev–Trinajstić information content (AvgIpc) is 2.81. The van der Waals surface area contributed by atoms with Gasteiger partial charge < -0.3 is 10.3 Å². The number of hydrogen-bond donors (Lipinski definition) is 1. The van der Waals surface area contributed by atoms with E-state index in [1.807, 2.05) is 13.3 Å². The number of hydrogen-bond acceptors (Lipinski definition) is 4. The molecule has 96 valence electrons. The van der Waals surface area contributed by atoms with Gasteiger partial charge in [0.05, 0.1) is 12.5 Å². The van der Waals surface area contributed by atoms with Crippen molar-refractivity contribution in [2.24, 2.45) is 0 Å². The fraction of sp³-hybridized carbons (Fsp3) is 0.462. The van der Waals surface area contributed by atoms with Crippen LogP contribution in [0.1, 0.15) is 31.5 Å². The quantitative estimate of drug-likeness (QED) is 0.896. The summed E-state index contributed by atoms with van der Waals surface area (Å²) in [6.45, 7) is 7.07. The van der Waals surface area contributed by atoms with E-state index < -0.39 is 0 Å². The number of rotatable bonds is 4. The zero-order chi connectivity index (χ0) is 13.1. The molecule has 0 aliphatic rings. The van der Waals surface area contributed by atoms with Gasteiger partial charge in [-0.25, -0.2) is 15.0 Å². The molecule has 0 unspecified atom stereocenters. The molecule has 0 aliphatic carbocycles. The van der Waals surface area contributed by atoms with Crippen molar-refractivity contribution in [1.29, 1.82) is 0 Å². The molecule has 2 aromatic heterocycles. The van der Waals surface area contributed by atoms with Gasteiger partial charge in [-0.3, -0.25) is 0 Å². The Labute approximate surface area is 107 Å². The lowest BCUT2D eigenvalue weighted by molar-refractivity contribution is 0.681. The third-order valence-corrected chi connectivity index (χ3v) is 3.03. The fourth-order valence-corrected chi connectivity index (χ4v) is 1.97. The van der Waals surface area contributed by atoms with E-state index in [9.17, 15) is 0 Å². The van der Waals surface area contributed by atoms with Gasteiger partial charge in [0.15, 0.2) is 5.82 Å². The maximum Gasteiger partial charge on any atom is 0.180 e. The second-order valence-electron chi connectivity index (χ2n) is 4.33. The normalized spacial score (nSPS) is 10.8. The predicted molar refractivity (Wildman–Crippen MR) is 72.1 cm³/mol. The Morgan fingerprint density at radius 2 is 2.06 bits per heavy atom. The average molecular weight is 245 g/mol. The van der Waals surface area contributed by atoms with Crippen molar-refractivity contribution in [3.8, 4) is 11.5 Å². The fourth-order valence-electron chi connectivity index (χ4n) is 1.97. The summed E-state index contributed by atoms with van der Waals surface area (Å²) in [6, 6.07) is 0. The van der Waals surface area contributed by atoms with Gasteiger partial charge >= 0.3 is 0 Å².